The fourth-order valence-electron chi connectivity index (χ4n) is 1.78. The molecule has 2 rings (SSSR count). The number of likely N-dealkylation sites (tertiary alicyclic amines) is 1. The van der Waals surface area contributed by atoms with Crippen molar-refractivity contribution in [1.82, 2.24) is 9.47 Å². The number of piperidine rings is 1. The predicted molar refractivity (Wildman–Crippen MR) is 53.2 cm³/mol. The van der Waals surface area contributed by atoms with Crippen LogP contribution >= 0.6 is 0 Å². The smallest absolute Gasteiger partial charge is 0.393 e. The van der Waals surface area contributed by atoms with Crippen molar-refractivity contribution in [2.45, 2.75) is 18.9 Å². The van der Waals surface area contributed by atoms with E-state index in [1.165, 1.54) is 0 Å². The molecule has 0 aromatic carbocycles. The molecular formula is C10H16N3O2+. The number of nitrogens with zero attached hydrogens (tertiary/aromatic N) is 3. The highest BCUT2D eigenvalue weighted by Crippen LogP contribution is 2.10. The van der Waals surface area contributed by atoms with Crippen LogP contribution in [0.1, 0.15) is 12.8 Å². The summed E-state index contributed by atoms with van der Waals surface area (Å²) in [6.07, 6.45) is 6.44. The van der Waals surface area contributed by atoms with Gasteiger partial charge >= 0.3 is 6.03 Å². The first kappa shape index (κ1) is 10.2. The van der Waals surface area contributed by atoms with Crippen LogP contribution in [-0.2, 0) is 7.05 Å². The van der Waals surface area contributed by atoms with Crippen LogP contribution < -0.4 is 4.57 Å². The lowest BCUT2D eigenvalue weighted by atomic mass is 10.1. The minimum absolute atomic E-state index is 0.0116. The van der Waals surface area contributed by atoms with E-state index in [4.69, 9.17) is 0 Å². The van der Waals surface area contributed by atoms with Gasteiger partial charge in [0.05, 0.1) is 13.2 Å². The van der Waals surface area contributed by atoms with Gasteiger partial charge in [0, 0.05) is 13.1 Å². The van der Waals surface area contributed by atoms with E-state index in [0.29, 0.717) is 25.9 Å². The second-order valence-corrected chi connectivity index (χ2v) is 3.99. The number of carbonyl (C=O) groups is 1. The molecule has 15 heavy (non-hydrogen) atoms. The van der Waals surface area contributed by atoms with Crippen molar-refractivity contribution in [2.24, 2.45) is 7.05 Å². The van der Waals surface area contributed by atoms with Gasteiger partial charge in [-0.25, -0.2) is 9.36 Å². The van der Waals surface area contributed by atoms with Gasteiger partial charge in [0.25, 0.3) is 6.33 Å². The first-order chi connectivity index (χ1) is 7.16. The molecule has 0 radical (unpaired) electrons. The normalized spacial score (nSPS) is 18.1. The number of carbonyl (C=O) groups excluding carboxylic acids is 1. The minimum atomic E-state index is -0.241. The standard InChI is InChI=1S/C10H16N3O2/c1-11-6-7-13(8-11)10(15)12-4-2-9(14)3-5-12/h6-9,14H,2-5H2,1H3/q+1. The van der Waals surface area contributed by atoms with Gasteiger partial charge in [0.2, 0.25) is 0 Å². The fraction of sp³-hybridized carbons (Fsp3) is 0.600. The Morgan fingerprint density at radius 1 is 1.47 bits per heavy atom. The minimum Gasteiger partial charge on any atom is -0.393 e. The zero-order chi connectivity index (χ0) is 10.8. The van der Waals surface area contributed by atoms with Crippen molar-refractivity contribution in [2.75, 3.05) is 13.1 Å². The molecule has 1 saturated heterocycles. The summed E-state index contributed by atoms with van der Waals surface area (Å²) in [5.74, 6) is 0. The molecule has 1 N–H and O–H groups in total. The van der Waals surface area contributed by atoms with Crippen molar-refractivity contribution >= 4 is 6.03 Å². The van der Waals surface area contributed by atoms with Crippen LogP contribution in [0, 0.1) is 0 Å². The summed E-state index contributed by atoms with van der Waals surface area (Å²) in [6.45, 7) is 1.28. The van der Waals surface area contributed by atoms with Crippen molar-refractivity contribution in [3.05, 3.63) is 18.7 Å². The molecule has 2 heterocycles. The Labute approximate surface area is 88.5 Å². The first-order valence-corrected chi connectivity index (χ1v) is 5.17. The van der Waals surface area contributed by atoms with Gasteiger partial charge in [-0.1, -0.05) is 0 Å². The maximum atomic E-state index is 11.9. The maximum Gasteiger partial charge on any atom is 0.415 e. The molecule has 1 aliphatic heterocycles. The molecule has 1 fully saturated rings. The van der Waals surface area contributed by atoms with E-state index in [1.807, 2.05) is 17.8 Å². The third-order valence-electron chi connectivity index (χ3n) is 2.72. The molecule has 1 aromatic heterocycles. The van der Waals surface area contributed by atoms with Crippen LogP contribution in [0.25, 0.3) is 0 Å². The number of aliphatic hydroxyl groups excluding tert-OH is 1. The number of aliphatic hydroxyl groups is 1. The van der Waals surface area contributed by atoms with Gasteiger partial charge < -0.3 is 10.0 Å². The van der Waals surface area contributed by atoms with Crippen LogP contribution in [0.2, 0.25) is 0 Å². The summed E-state index contributed by atoms with van der Waals surface area (Å²) >= 11 is 0. The zero-order valence-electron chi connectivity index (χ0n) is 8.83. The van der Waals surface area contributed by atoms with E-state index in [-0.39, 0.29) is 12.1 Å². The van der Waals surface area contributed by atoms with Crippen LogP contribution in [-0.4, -0.2) is 39.8 Å². The summed E-state index contributed by atoms with van der Waals surface area (Å²) in [4.78, 5) is 13.7. The Morgan fingerprint density at radius 2 is 2.13 bits per heavy atom. The third-order valence-corrected chi connectivity index (χ3v) is 2.72. The van der Waals surface area contributed by atoms with Crippen molar-refractivity contribution in [3.63, 3.8) is 0 Å². The van der Waals surface area contributed by atoms with Crippen molar-refractivity contribution < 1.29 is 14.5 Å². The van der Waals surface area contributed by atoms with E-state index in [1.54, 1.807) is 22.0 Å². The van der Waals surface area contributed by atoms with Gasteiger partial charge in [0.15, 0.2) is 0 Å². The van der Waals surface area contributed by atoms with E-state index in [2.05, 4.69) is 0 Å². The van der Waals surface area contributed by atoms with Crippen LogP contribution in [0.4, 0.5) is 4.79 Å². The number of hydrogen-bond acceptors (Lipinski definition) is 2. The molecular weight excluding hydrogens is 194 g/mol. The quantitative estimate of drug-likeness (QED) is 0.600. The Bertz CT molecular complexity index is 353. The lowest BCUT2D eigenvalue weighted by molar-refractivity contribution is -0.670. The van der Waals surface area contributed by atoms with Gasteiger partial charge in [-0.05, 0) is 12.8 Å². The molecule has 0 spiro atoms. The zero-order valence-corrected chi connectivity index (χ0v) is 8.83. The van der Waals surface area contributed by atoms with Gasteiger partial charge in [-0.2, -0.15) is 4.57 Å². The van der Waals surface area contributed by atoms with Gasteiger partial charge in [-0.15, -0.1) is 0 Å². The Hall–Kier alpha value is -1.36. The largest absolute Gasteiger partial charge is 0.415 e. The SMILES string of the molecule is C[n+]1ccn(C(=O)N2CCC(O)CC2)c1. The average molecular weight is 210 g/mol. The number of aromatic nitrogens is 2. The number of amides is 1. The highest BCUT2D eigenvalue weighted by Gasteiger charge is 2.25. The molecule has 0 bridgehead atoms. The van der Waals surface area contributed by atoms with Gasteiger partial charge in [0.1, 0.15) is 12.4 Å². The molecule has 0 saturated carbocycles. The molecule has 1 aromatic rings. The summed E-state index contributed by atoms with van der Waals surface area (Å²) in [5.41, 5.74) is 0. The molecule has 0 aliphatic carbocycles. The lowest BCUT2D eigenvalue weighted by Crippen LogP contribution is -2.42. The fourth-order valence-corrected chi connectivity index (χ4v) is 1.78. The number of imidazole rings is 1. The number of rotatable bonds is 0. The molecule has 1 amide bonds. The monoisotopic (exact) mass is 210 g/mol. The van der Waals surface area contributed by atoms with Crippen molar-refractivity contribution in [1.29, 1.82) is 0 Å². The van der Waals surface area contributed by atoms with Crippen LogP contribution in [0.3, 0.4) is 0 Å². The van der Waals surface area contributed by atoms with E-state index >= 15 is 0 Å². The third kappa shape index (κ3) is 2.18. The molecule has 0 atom stereocenters. The molecule has 5 nitrogen and oxygen atoms in total. The van der Waals surface area contributed by atoms with E-state index < -0.39 is 0 Å². The highest BCUT2D eigenvalue weighted by molar-refractivity contribution is 5.76. The molecule has 5 heteroatoms. The maximum absolute atomic E-state index is 11.9. The first-order valence-electron chi connectivity index (χ1n) is 5.17. The predicted octanol–water partition coefficient (Wildman–Crippen LogP) is -0.263. The second-order valence-electron chi connectivity index (χ2n) is 3.99. The van der Waals surface area contributed by atoms with Crippen LogP contribution in [0.5, 0.6) is 0 Å². The Kier molecular flexibility index (Phi) is 2.73. The van der Waals surface area contributed by atoms with E-state index in [9.17, 15) is 9.90 Å². The summed E-state index contributed by atoms with van der Waals surface area (Å²) in [5, 5.41) is 9.33. The second kappa shape index (κ2) is 4.02. The lowest BCUT2D eigenvalue weighted by Gasteiger charge is -2.27. The Morgan fingerprint density at radius 3 is 2.67 bits per heavy atom. The summed E-state index contributed by atoms with van der Waals surface area (Å²) in [6, 6.07) is -0.0116. The molecule has 1 aliphatic rings. The molecule has 82 valence electrons. The highest BCUT2D eigenvalue weighted by atomic mass is 16.3. The summed E-state index contributed by atoms with van der Waals surface area (Å²) < 4.78 is 3.40. The number of aryl methyl sites for hydroxylation is 1. The summed E-state index contributed by atoms with van der Waals surface area (Å²) in [7, 11) is 1.88. The van der Waals surface area contributed by atoms with Gasteiger partial charge in [-0.3, -0.25) is 0 Å². The Balaban J connectivity index is 2.02. The number of hydrogen-bond donors (Lipinski definition) is 1. The topological polar surface area (TPSA) is 49.3 Å². The average Bonchev–Trinajstić information content (AvgIpc) is 2.65. The van der Waals surface area contributed by atoms with Crippen LogP contribution in [0.15, 0.2) is 18.7 Å². The van der Waals surface area contributed by atoms with Crippen molar-refractivity contribution in [3.8, 4) is 0 Å². The molecule has 0 unspecified atom stereocenters. The van der Waals surface area contributed by atoms with E-state index in [0.717, 1.165) is 0 Å².